The van der Waals surface area contributed by atoms with Gasteiger partial charge in [-0.05, 0) is 30.2 Å². The van der Waals surface area contributed by atoms with Gasteiger partial charge in [0.1, 0.15) is 5.75 Å². The lowest BCUT2D eigenvalue weighted by atomic mass is 10.1. The summed E-state index contributed by atoms with van der Waals surface area (Å²) >= 11 is 0. The Morgan fingerprint density at radius 3 is 2.69 bits per heavy atom. The van der Waals surface area contributed by atoms with Crippen LogP contribution in [0.1, 0.15) is 39.0 Å². The normalized spacial score (nSPS) is 10.7. The molecule has 0 atom stereocenters. The Morgan fingerprint density at radius 1 is 1.07 bits per heavy atom. The van der Waals surface area contributed by atoms with Crippen LogP contribution in [0.5, 0.6) is 5.75 Å². The SMILES string of the molecule is CCCCCCCN(C)C(=O)Oc1cccc(-c2cncc(-c3nnco3)c2)c1. The lowest BCUT2D eigenvalue weighted by molar-refractivity contribution is 0.162. The predicted octanol–water partition coefficient (Wildman–Crippen LogP) is 5.20. The highest BCUT2D eigenvalue weighted by molar-refractivity contribution is 5.73. The van der Waals surface area contributed by atoms with E-state index >= 15 is 0 Å². The quantitative estimate of drug-likeness (QED) is 0.464. The van der Waals surface area contributed by atoms with E-state index in [9.17, 15) is 4.79 Å². The fourth-order valence-corrected chi connectivity index (χ4v) is 2.98. The fourth-order valence-electron chi connectivity index (χ4n) is 2.98. The Balaban J connectivity index is 1.62. The lowest BCUT2D eigenvalue weighted by Crippen LogP contribution is -2.30. The number of benzene rings is 1. The van der Waals surface area contributed by atoms with Gasteiger partial charge in [0.2, 0.25) is 12.3 Å². The van der Waals surface area contributed by atoms with E-state index in [-0.39, 0.29) is 6.09 Å². The average Bonchev–Trinajstić information content (AvgIpc) is 3.29. The van der Waals surface area contributed by atoms with Gasteiger partial charge >= 0.3 is 6.09 Å². The molecule has 0 spiro atoms. The molecule has 1 amide bonds. The molecule has 3 aromatic rings. The second-order valence-electron chi connectivity index (χ2n) is 6.94. The van der Waals surface area contributed by atoms with Crippen molar-refractivity contribution in [3.05, 3.63) is 49.1 Å². The molecule has 7 nitrogen and oxygen atoms in total. The highest BCUT2D eigenvalue weighted by Gasteiger charge is 2.12. The summed E-state index contributed by atoms with van der Waals surface area (Å²) in [6, 6.07) is 9.28. The molecule has 0 saturated heterocycles. The third-order valence-electron chi connectivity index (χ3n) is 4.63. The third kappa shape index (κ3) is 5.88. The molecule has 0 saturated carbocycles. The molecule has 0 unspecified atom stereocenters. The highest BCUT2D eigenvalue weighted by atomic mass is 16.6. The number of rotatable bonds is 9. The maximum absolute atomic E-state index is 12.4. The van der Waals surface area contributed by atoms with Crippen molar-refractivity contribution < 1.29 is 13.9 Å². The van der Waals surface area contributed by atoms with Crippen molar-refractivity contribution in [3.63, 3.8) is 0 Å². The maximum Gasteiger partial charge on any atom is 0.414 e. The molecule has 3 rings (SSSR count). The van der Waals surface area contributed by atoms with Gasteiger partial charge in [-0.3, -0.25) is 4.98 Å². The minimum absolute atomic E-state index is 0.352. The van der Waals surface area contributed by atoms with Gasteiger partial charge < -0.3 is 14.1 Å². The average molecular weight is 394 g/mol. The summed E-state index contributed by atoms with van der Waals surface area (Å²) in [5, 5.41) is 7.60. The summed E-state index contributed by atoms with van der Waals surface area (Å²) in [5.41, 5.74) is 2.47. The van der Waals surface area contributed by atoms with Crippen LogP contribution < -0.4 is 4.74 Å². The Morgan fingerprint density at radius 2 is 1.90 bits per heavy atom. The number of unbranched alkanes of at least 4 members (excludes halogenated alkanes) is 4. The van der Waals surface area contributed by atoms with Crippen LogP contribution in [-0.4, -0.2) is 39.8 Å². The second kappa shape index (κ2) is 10.4. The first kappa shape index (κ1) is 20.5. The van der Waals surface area contributed by atoms with Gasteiger partial charge in [0.15, 0.2) is 0 Å². The summed E-state index contributed by atoms with van der Waals surface area (Å²) in [6.45, 7) is 2.88. The molecule has 2 heterocycles. The van der Waals surface area contributed by atoms with E-state index in [2.05, 4.69) is 22.1 Å². The van der Waals surface area contributed by atoms with Crippen molar-refractivity contribution in [2.24, 2.45) is 0 Å². The summed E-state index contributed by atoms with van der Waals surface area (Å²) in [5.74, 6) is 0.899. The van der Waals surface area contributed by atoms with Crippen molar-refractivity contribution in [2.75, 3.05) is 13.6 Å². The van der Waals surface area contributed by atoms with Gasteiger partial charge in [0, 0.05) is 31.5 Å². The van der Waals surface area contributed by atoms with Crippen LogP contribution in [0.4, 0.5) is 4.79 Å². The number of aromatic nitrogens is 3. The van der Waals surface area contributed by atoms with Gasteiger partial charge in [0.25, 0.3) is 0 Å². The zero-order valence-corrected chi connectivity index (χ0v) is 16.9. The van der Waals surface area contributed by atoms with Gasteiger partial charge in [-0.1, -0.05) is 44.7 Å². The first-order valence-electron chi connectivity index (χ1n) is 9.92. The number of carbonyl (C=O) groups excluding carboxylic acids is 1. The van der Waals surface area contributed by atoms with E-state index in [0.29, 0.717) is 18.2 Å². The smallest absolute Gasteiger partial charge is 0.414 e. The minimum atomic E-state index is -0.352. The zero-order valence-electron chi connectivity index (χ0n) is 16.9. The van der Waals surface area contributed by atoms with Crippen LogP contribution in [0.2, 0.25) is 0 Å². The van der Waals surface area contributed by atoms with E-state index in [1.165, 1.54) is 25.7 Å². The van der Waals surface area contributed by atoms with E-state index in [1.807, 2.05) is 24.3 Å². The highest BCUT2D eigenvalue weighted by Crippen LogP contribution is 2.27. The summed E-state index contributed by atoms with van der Waals surface area (Å²) in [6.07, 6.45) is 10.1. The molecule has 7 heteroatoms. The van der Waals surface area contributed by atoms with E-state index in [1.54, 1.807) is 30.4 Å². The molecule has 2 aromatic heterocycles. The van der Waals surface area contributed by atoms with Crippen LogP contribution in [0.25, 0.3) is 22.6 Å². The summed E-state index contributed by atoms with van der Waals surface area (Å²) in [7, 11) is 1.77. The first-order chi connectivity index (χ1) is 14.2. The third-order valence-corrected chi connectivity index (χ3v) is 4.63. The van der Waals surface area contributed by atoms with Gasteiger partial charge in [0.05, 0.1) is 5.56 Å². The Bertz CT molecular complexity index is 912. The largest absolute Gasteiger partial charge is 0.423 e. The molecule has 29 heavy (non-hydrogen) atoms. The number of pyridine rings is 1. The molecule has 0 radical (unpaired) electrons. The van der Waals surface area contributed by atoms with Crippen molar-refractivity contribution in [1.29, 1.82) is 0 Å². The first-order valence-corrected chi connectivity index (χ1v) is 9.92. The number of ether oxygens (including phenoxy) is 1. The monoisotopic (exact) mass is 394 g/mol. The number of hydrogen-bond donors (Lipinski definition) is 0. The zero-order chi connectivity index (χ0) is 20.5. The topological polar surface area (TPSA) is 81.4 Å². The molecule has 152 valence electrons. The lowest BCUT2D eigenvalue weighted by Gasteiger charge is -2.17. The molecule has 0 aliphatic carbocycles. The van der Waals surface area contributed by atoms with Crippen molar-refractivity contribution in [2.45, 2.75) is 39.0 Å². The second-order valence-corrected chi connectivity index (χ2v) is 6.94. The van der Waals surface area contributed by atoms with Gasteiger partial charge in [-0.25, -0.2) is 4.79 Å². The van der Waals surface area contributed by atoms with Gasteiger partial charge in [-0.2, -0.15) is 0 Å². The molecule has 0 aliphatic rings. The molecule has 0 bridgehead atoms. The number of carbonyl (C=O) groups is 1. The minimum Gasteiger partial charge on any atom is -0.423 e. The fraction of sp³-hybridized carbons (Fsp3) is 0.364. The number of nitrogens with zero attached hydrogens (tertiary/aromatic N) is 4. The van der Waals surface area contributed by atoms with Crippen molar-refractivity contribution in [1.82, 2.24) is 20.1 Å². The molecule has 0 fully saturated rings. The number of hydrogen-bond acceptors (Lipinski definition) is 6. The summed E-state index contributed by atoms with van der Waals surface area (Å²) in [4.78, 5) is 18.2. The van der Waals surface area contributed by atoms with Gasteiger partial charge in [-0.15, -0.1) is 10.2 Å². The maximum atomic E-state index is 12.4. The molecular formula is C22H26N4O3. The Labute approximate surface area is 170 Å². The van der Waals surface area contributed by atoms with Crippen LogP contribution in [0, 0.1) is 0 Å². The van der Waals surface area contributed by atoms with Crippen LogP contribution in [0.3, 0.4) is 0 Å². The van der Waals surface area contributed by atoms with E-state index in [0.717, 1.165) is 29.5 Å². The molecule has 0 N–H and O–H groups in total. The number of amides is 1. The molecular weight excluding hydrogens is 368 g/mol. The standard InChI is InChI=1S/C22H26N4O3/c1-3-4-5-6-7-11-26(2)22(27)29-20-10-8-9-17(13-20)18-12-19(15-23-14-18)21-25-24-16-28-21/h8-10,12-16H,3-7,11H2,1-2H3. The summed E-state index contributed by atoms with van der Waals surface area (Å²) < 4.78 is 10.8. The van der Waals surface area contributed by atoms with Crippen LogP contribution in [0.15, 0.2) is 53.5 Å². The van der Waals surface area contributed by atoms with Crippen molar-refractivity contribution >= 4 is 6.09 Å². The molecule has 1 aromatic carbocycles. The van der Waals surface area contributed by atoms with E-state index in [4.69, 9.17) is 9.15 Å². The predicted molar refractivity (Wildman–Crippen MR) is 110 cm³/mol. The van der Waals surface area contributed by atoms with Crippen LogP contribution >= 0.6 is 0 Å². The molecule has 0 aliphatic heterocycles. The Hall–Kier alpha value is -3.22. The van der Waals surface area contributed by atoms with Crippen molar-refractivity contribution in [3.8, 4) is 28.3 Å². The van der Waals surface area contributed by atoms with E-state index < -0.39 is 0 Å². The van der Waals surface area contributed by atoms with Crippen LogP contribution in [-0.2, 0) is 0 Å². The Kier molecular flexibility index (Phi) is 7.33.